The van der Waals surface area contributed by atoms with Crippen LogP contribution in [0.15, 0.2) is 25.3 Å². The molecule has 218 valence electrons. The molecule has 1 spiro atoms. The lowest BCUT2D eigenvalue weighted by Crippen LogP contribution is -2.60. The van der Waals surface area contributed by atoms with Crippen molar-refractivity contribution in [1.29, 1.82) is 0 Å². The van der Waals surface area contributed by atoms with Gasteiger partial charge in [0.25, 0.3) is 0 Å². The Morgan fingerprint density at radius 1 is 1.23 bits per heavy atom. The molecule has 3 amide bonds. The summed E-state index contributed by atoms with van der Waals surface area (Å²) in [5.74, 6) is -3.27. The van der Waals surface area contributed by atoms with Crippen molar-refractivity contribution in [3.05, 3.63) is 25.3 Å². The smallest absolute Gasteiger partial charge is 0.312 e. The first-order valence-electron chi connectivity index (χ1n) is 14.0. The number of fused-ring (bicyclic) bond motifs is 1. The average molecular weight is 548 g/mol. The lowest BCUT2D eigenvalue weighted by atomic mass is 9.70. The third-order valence-electron chi connectivity index (χ3n) is 8.27. The lowest BCUT2D eigenvalue weighted by Gasteiger charge is -2.41. The van der Waals surface area contributed by atoms with Gasteiger partial charge in [-0.3, -0.25) is 19.2 Å². The maximum atomic E-state index is 14.1. The van der Waals surface area contributed by atoms with E-state index in [-0.39, 0.29) is 42.8 Å². The predicted molar refractivity (Wildman–Crippen MR) is 145 cm³/mol. The summed E-state index contributed by atoms with van der Waals surface area (Å²) < 4.78 is 12.2. The van der Waals surface area contributed by atoms with E-state index in [1.807, 2.05) is 27.7 Å². The second kappa shape index (κ2) is 12.6. The molecular formula is C29H45N3O7. The number of nitrogens with one attached hydrogen (secondary N) is 1. The number of rotatable bonds is 14. The fourth-order valence-corrected chi connectivity index (χ4v) is 6.36. The van der Waals surface area contributed by atoms with Gasteiger partial charge in [-0.25, -0.2) is 0 Å². The van der Waals surface area contributed by atoms with Crippen LogP contribution in [0.4, 0.5) is 0 Å². The minimum Gasteiger partial charge on any atom is -0.460 e. The molecule has 3 heterocycles. The number of amides is 3. The Morgan fingerprint density at radius 2 is 1.92 bits per heavy atom. The predicted octanol–water partition coefficient (Wildman–Crippen LogP) is 1.82. The topological polar surface area (TPSA) is 125 Å². The number of likely N-dealkylation sites (tertiary alicyclic amines) is 1. The quantitative estimate of drug-likeness (QED) is 0.251. The van der Waals surface area contributed by atoms with Gasteiger partial charge in [-0.05, 0) is 46.0 Å². The van der Waals surface area contributed by atoms with Gasteiger partial charge < -0.3 is 29.7 Å². The van der Waals surface area contributed by atoms with E-state index in [0.717, 1.165) is 0 Å². The van der Waals surface area contributed by atoms with Crippen LogP contribution >= 0.6 is 0 Å². The van der Waals surface area contributed by atoms with E-state index in [0.29, 0.717) is 32.2 Å². The highest BCUT2D eigenvalue weighted by atomic mass is 16.6. The number of esters is 1. The highest BCUT2D eigenvalue weighted by Gasteiger charge is 2.75. The summed E-state index contributed by atoms with van der Waals surface area (Å²) in [5.41, 5.74) is -1.18. The minimum atomic E-state index is -1.18. The SMILES string of the molecule is C=CCCC(=O)NC[C@@H](C)OC(=O)[C@@H]1[C@H]2C(=O)N([C@@H](CO)C(C)C)[C@H](C(=O)N(CC=C)C(C)C)[C@]23CC[C@H]1O3. The number of aliphatic hydroxyl groups excluding tert-OH is 1. The number of hydrogen-bond acceptors (Lipinski definition) is 7. The Hall–Kier alpha value is -2.72. The van der Waals surface area contributed by atoms with Crippen molar-refractivity contribution in [1.82, 2.24) is 15.1 Å². The third-order valence-corrected chi connectivity index (χ3v) is 8.27. The number of carbonyl (C=O) groups excluding carboxylic acids is 4. The van der Waals surface area contributed by atoms with Gasteiger partial charge in [0.2, 0.25) is 17.7 Å². The maximum Gasteiger partial charge on any atom is 0.312 e. The van der Waals surface area contributed by atoms with E-state index >= 15 is 0 Å². The molecule has 0 aromatic heterocycles. The molecule has 2 N–H and O–H groups in total. The summed E-state index contributed by atoms with van der Waals surface area (Å²) in [6, 6.07) is -1.74. The van der Waals surface area contributed by atoms with Gasteiger partial charge in [0, 0.05) is 19.0 Å². The molecule has 0 aromatic carbocycles. The molecule has 0 saturated carbocycles. The molecule has 10 nitrogen and oxygen atoms in total. The Bertz CT molecular complexity index is 967. The Kier molecular flexibility index (Phi) is 9.98. The van der Waals surface area contributed by atoms with Gasteiger partial charge in [0.05, 0.1) is 37.1 Å². The number of aliphatic hydroxyl groups is 1. The van der Waals surface area contributed by atoms with Gasteiger partial charge in [0.1, 0.15) is 17.7 Å². The van der Waals surface area contributed by atoms with Crippen LogP contribution < -0.4 is 5.32 Å². The molecule has 2 bridgehead atoms. The van der Waals surface area contributed by atoms with Crippen LogP contribution in [0.3, 0.4) is 0 Å². The van der Waals surface area contributed by atoms with E-state index < -0.39 is 47.7 Å². The van der Waals surface area contributed by atoms with E-state index in [9.17, 15) is 24.3 Å². The molecule has 0 aliphatic carbocycles. The fraction of sp³-hybridized carbons (Fsp3) is 0.724. The van der Waals surface area contributed by atoms with Crippen molar-refractivity contribution in [2.75, 3.05) is 19.7 Å². The summed E-state index contributed by atoms with van der Waals surface area (Å²) >= 11 is 0. The molecule has 3 aliphatic rings. The zero-order chi connectivity index (χ0) is 29.1. The first kappa shape index (κ1) is 30.8. The second-order valence-corrected chi connectivity index (χ2v) is 11.5. The zero-order valence-corrected chi connectivity index (χ0v) is 23.9. The van der Waals surface area contributed by atoms with Crippen molar-refractivity contribution in [2.45, 2.75) is 96.2 Å². The first-order valence-corrected chi connectivity index (χ1v) is 14.0. The number of nitrogens with zero attached hydrogens (tertiary/aromatic N) is 2. The number of ether oxygens (including phenoxy) is 2. The lowest BCUT2D eigenvalue weighted by molar-refractivity contribution is -0.160. The monoisotopic (exact) mass is 547 g/mol. The van der Waals surface area contributed by atoms with E-state index in [2.05, 4.69) is 18.5 Å². The van der Waals surface area contributed by atoms with Crippen molar-refractivity contribution < 1.29 is 33.8 Å². The normalized spacial score (nSPS) is 28.8. The second-order valence-electron chi connectivity index (χ2n) is 11.5. The Morgan fingerprint density at radius 3 is 2.49 bits per heavy atom. The summed E-state index contributed by atoms with van der Waals surface area (Å²) in [6.07, 6.45) is 3.96. The summed E-state index contributed by atoms with van der Waals surface area (Å²) in [4.78, 5) is 56.8. The molecule has 3 rings (SSSR count). The van der Waals surface area contributed by atoms with Crippen molar-refractivity contribution in [3.63, 3.8) is 0 Å². The summed E-state index contributed by atoms with van der Waals surface area (Å²) in [6.45, 7) is 16.8. The number of hydrogen-bond donors (Lipinski definition) is 2. The number of allylic oxidation sites excluding steroid dienone is 1. The van der Waals surface area contributed by atoms with Gasteiger partial charge in [-0.1, -0.05) is 26.0 Å². The molecule has 0 radical (unpaired) electrons. The largest absolute Gasteiger partial charge is 0.460 e. The number of carbonyl (C=O) groups is 4. The van der Waals surface area contributed by atoms with E-state index in [1.54, 1.807) is 24.0 Å². The fourth-order valence-electron chi connectivity index (χ4n) is 6.36. The highest BCUT2D eigenvalue weighted by molar-refractivity contribution is 5.98. The third kappa shape index (κ3) is 5.77. The van der Waals surface area contributed by atoms with Crippen molar-refractivity contribution in [2.24, 2.45) is 17.8 Å². The minimum absolute atomic E-state index is 0.135. The molecule has 10 heteroatoms. The molecule has 3 saturated heterocycles. The maximum absolute atomic E-state index is 14.1. The Labute approximate surface area is 231 Å². The molecule has 0 aromatic rings. The van der Waals surface area contributed by atoms with Crippen LogP contribution in [0.25, 0.3) is 0 Å². The van der Waals surface area contributed by atoms with Crippen LogP contribution in [-0.2, 0) is 28.7 Å². The standard InChI is InChI=1S/C29H45N3O7/c1-8-10-11-22(34)30-15-19(7)38-28(37)23-21-12-13-29(39-21)24(23)26(35)32(20(16-33)17(3)4)25(29)27(36)31(14-9-2)18(5)6/h8-9,17-21,23-25,33H,1-2,10-16H2,3-7H3,(H,30,34)/t19-,20+,21-,23+,24+,25-,29+/m1/s1. The summed E-state index contributed by atoms with van der Waals surface area (Å²) in [7, 11) is 0. The zero-order valence-electron chi connectivity index (χ0n) is 23.9. The molecule has 3 aliphatic heterocycles. The van der Waals surface area contributed by atoms with Crippen LogP contribution in [0.5, 0.6) is 0 Å². The molecular weight excluding hydrogens is 502 g/mol. The molecule has 3 fully saturated rings. The van der Waals surface area contributed by atoms with Gasteiger partial charge in [-0.15, -0.1) is 13.2 Å². The highest BCUT2D eigenvalue weighted by Crippen LogP contribution is 2.59. The van der Waals surface area contributed by atoms with Crippen LogP contribution in [0, 0.1) is 17.8 Å². The van der Waals surface area contributed by atoms with Crippen LogP contribution in [-0.4, -0.2) is 94.2 Å². The molecule has 7 atom stereocenters. The summed E-state index contributed by atoms with van der Waals surface area (Å²) in [5, 5.41) is 13.0. The van der Waals surface area contributed by atoms with Gasteiger partial charge in [-0.2, -0.15) is 0 Å². The Balaban J connectivity index is 1.90. The van der Waals surface area contributed by atoms with Crippen LogP contribution in [0.1, 0.15) is 60.3 Å². The van der Waals surface area contributed by atoms with Crippen molar-refractivity contribution >= 4 is 23.7 Å². The molecule has 0 unspecified atom stereocenters. The van der Waals surface area contributed by atoms with E-state index in [4.69, 9.17) is 9.47 Å². The van der Waals surface area contributed by atoms with Crippen LogP contribution in [0.2, 0.25) is 0 Å². The first-order chi connectivity index (χ1) is 18.4. The van der Waals surface area contributed by atoms with Crippen molar-refractivity contribution in [3.8, 4) is 0 Å². The molecule has 39 heavy (non-hydrogen) atoms. The van der Waals surface area contributed by atoms with Gasteiger partial charge in [0.15, 0.2) is 0 Å². The van der Waals surface area contributed by atoms with E-state index in [1.165, 1.54) is 4.90 Å². The van der Waals surface area contributed by atoms with Gasteiger partial charge >= 0.3 is 5.97 Å². The average Bonchev–Trinajstić information content (AvgIpc) is 3.52.